The number of furan rings is 2. The minimum absolute atomic E-state index is 0.780. The largest absolute Gasteiger partial charge is 0.452 e. The van der Waals surface area contributed by atoms with Crippen molar-refractivity contribution in [3.8, 4) is 0 Å². The van der Waals surface area contributed by atoms with Gasteiger partial charge in [0.05, 0.1) is 0 Å². The van der Waals surface area contributed by atoms with Crippen LogP contribution in [-0.2, 0) is 0 Å². The molecule has 0 atom stereocenters. The predicted molar refractivity (Wildman–Crippen MR) is 240 cm³/mol. The fraction of sp³-hybridized carbons (Fsp3) is 0.0566. The molecule has 0 radical (unpaired) electrons. The summed E-state index contributed by atoms with van der Waals surface area (Å²) < 4.78 is 13.6. The van der Waals surface area contributed by atoms with Crippen molar-refractivity contribution in [2.45, 2.75) is 20.8 Å². The Labute approximate surface area is 330 Å². The van der Waals surface area contributed by atoms with Crippen molar-refractivity contribution in [3.63, 3.8) is 0 Å². The van der Waals surface area contributed by atoms with Gasteiger partial charge >= 0.3 is 0 Å². The highest BCUT2D eigenvalue weighted by Crippen LogP contribution is 2.44. The summed E-state index contributed by atoms with van der Waals surface area (Å²) in [7, 11) is 0. The van der Waals surface area contributed by atoms with E-state index < -0.39 is 0 Å². The fourth-order valence-electron chi connectivity index (χ4n) is 8.69. The van der Waals surface area contributed by atoms with Gasteiger partial charge < -0.3 is 18.6 Å². The molecule has 9 aromatic carbocycles. The SMILES string of the molecule is Cc1cccc(N(c2ccccc2)c2ccc3cc4c(cc3c2)oc2c4cc(C)c3c4cc5ccc(N(c6ccccc6)c6cccc(C)c6)cc5cc4oc23)c1. The number of aryl methyl sites for hydroxylation is 3. The molecule has 4 heteroatoms. The molecule has 2 heterocycles. The summed E-state index contributed by atoms with van der Waals surface area (Å²) in [6.45, 7) is 6.45. The van der Waals surface area contributed by atoms with Gasteiger partial charge in [0.15, 0.2) is 11.2 Å². The highest BCUT2D eigenvalue weighted by molar-refractivity contribution is 6.22. The van der Waals surface area contributed by atoms with Crippen LogP contribution in [0.4, 0.5) is 34.1 Å². The predicted octanol–water partition coefficient (Wildman–Crippen LogP) is 15.7. The van der Waals surface area contributed by atoms with Gasteiger partial charge in [-0.3, -0.25) is 0 Å². The van der Waals surface area contributed by atoms with Crippen LogP contribution in [0.2, 0.25) is 0 Å². The van der Waals surface area contributed by atoms with E-state index in [1.807, 2.05) is 0 Å². The summed E-state index contributed by atoms with van der Waals surface area (Å²) in [6, 6.07) is 62.9. The second-order valence-electron chi connectivity index (χ2n) is 15.3. The third kappa shape index (κ3) is 5.52. The van der Waals surface area contributed by atoms with Crippen LogP contribution >= 0.6 is 0 Å². The highest BCUT2D eigenvalue weighted by Gasteiger charge is 2.21. The molecule has 0 saturated carbocycles. The summed E-state index contributed by atoms with van der Waals surface area (Å²) in [4.78, 5) is 4.62. The number of hydrogen-bond acceptors (Lipinski definition) is 4. The van der Waals surface area contributed by atoms with E-state index in [-0.39, 0.29) is 0 Å². The zero-order valence-electron chi connectivity index (χ0n) is 32.0. The highest BCUT2D eigenvalue weighted by atomic mass is 16.4. The standard InChI is InChI=1S/C53H38N2O2/c1-33-12-10-18-42(24-33)54(40-14-6-4-7-15-40)44-22-20-36-29-46-47-26-35(3)51-48-30-37-21-23-45(55(41-16-8-5-9-17-41)43-19-11-13-34(2)25-43)28-39(37)32-50(48)57-53(51)52(47)56-49(46)31-38(36)27-44/h4-32H,1-3H3. The molecule has 11 aromatic rings. The third-order valence-corrected chi connectivity index (χ3v) is 11.3. The van der Waals surface area contributed by atoms with Crippen molar-refractivity contribution in [3.05, 3.63) is 193 Å². The van der Waals surface area contributed by atoms with E-state index in [1.54, 1.807) is 0 Å². The van der Waals surface area contributed by atoms with Crippen LogP contribution in [0.15, 0.2) is 185 Å². The number of hydrogen-bond donors (Lipinski definition) is 0. The molecule has 0 bridgehead atoms. The Hall–Kier alpha value is -7.30. The lowest BCUT2D eigenvalue weighted by Gasteiger charge is -2.26. The summed E-state index contributed by atoms with van der Waals surface area (Å²) in [5, 5.41) is 8.88. The van der Waals surface area contributed by atoms with E-state index in [1.165, 1.54) is 11.1 Å². The zero-order chi connectivity index (χ0) is 38.2. The Kier molecular flexibility index (Phi) is 7.48. The van der Waals surface area contributed by atoms with Gasteiger partial charge in [0.25, 0.3) is 0 Å². The van der Waals surface area contributed by atoms with E-state index in [0.29, 0.717) is 0 Å². The van der Waals surface area contributed by atoms with Crippen LogP contribution in [0.25, 0.3) is 65.4 Å². The quantitative estimate of drug-likeness (QED) is 0.170. The van der Waals surface area contributed by atoms with Crippen LogP contribution in [-0.4, -0.2) is 0 Å². The second kappa shape index (κ2) is 12.9. The molecular formula is C53H38N2O2. The molecular weight excluding hydrogens is 697 g/mol. The molecule has 4 nitrogen and oxygen atoms in total. The topological polar surface area (TPSA) is 32.8 Å². The first-order chi connectivity index (χ1) is 27.9. The van der Waals surface area contributed by atoms with Crippen LogP contribution in [0.1, 0.15) is 16.7 Å². The monoisotopic (exact) mass is 734 g/mol. The lowest BCUT2D eigenvalue weighted by atomic mass is 10.00. The van der Waals surface area contributed by atoms with Crippen LogP contribution < -0.4 is 9.80 Å². The fourth-order valence-corrected chi connectivity index (χ4v) is 8.69. The number of fused-ring (bicyclic) bond motifs is 9. The van der Waals surface area contributed by atoms with E-state index in [2.05, 4.69) is 206 Å². The van der Waals surface area contributed by atoms with Gasteiger partial charge in [-0.1, -0.05) is 72.8 Å². The molecule has 0 spiro atoms. The Morgan fingerprint density at radius 1 is 0.333 bits per heavy atom. The lowest BCUT2D eigenvalue weighted by molar-refractivity contribution is 0.633. The van der Waals surface area contributed by atoms with Crippen LogP contribution in [0.3, 0.4) is 0 Å². The molecule has 57 heavy (non-hydrogen) atoms. The molecule has 0 fully saturated rings. The molecule has 0 N–H and O–H groups in total. The minimum atomic E-state index is 0.780. The van der Waals surface area contributed by atoms with Gasteiger partial charge in [-0.05, 0) is 162 Å². The van der Waals surface area contributed by atoms with Crippen molar-refractivity contribution in [2.24, 2.45) is 0 Å². The number of rotatable bonds is 6. The van der Waals surface area contributed by atoms with Gasteiger partial charge in [-0.25, -0.2) is 0 Å². The number of benzene rings is 9. The van der Waals surface area contributed by atoms with Gasteiger partial charge in [0.2, 0.25) is 0 Å². The Morgan fingerprint density at radius 2 is 0.807 bits per heavy atom. The Morgan fingerprint density at radius 3 is 1.35 bits per heavy atom. The maximum Gasteiger partial charge on any atom is 0.178 e. The van der Waals surface area contributed by atoms with Gasteiger partial charge in [0, 0.05) is 55.7 Å². The molecule has 272 valence electrons. The normalized spacial score (nSPS) is 11.8. The van der Waals surface area contributed by atoms with Crippen molar-refractivity contribution in [2.75, 3.05) is 9.80 Å². The molecule has 0 aliphatic rings. The number of nitrogens with zero attached hydrogens (tertiary/aromatic N) is 2. The Balaban J connectivity index is 1.05. The maximum atomic E-state index is 6.81. The molecule has 0 aliphatic carbocycles. The van der Waals surface area contributed by atoms with E-state index >= 15 is 0 Å². The molecule has 11 rings (SSSR count). The first kappa shape index (κ1) is 33.1. The molecule has 0 amide bonds. The van der Waals surface area contributed by atoms with Gasteiger partial charge in [-0.15, -0.1) is 0 Å². The van der Waals surface area contributed by atoms with Gasteiger partial charge in [-0.2, -0.15) is 0 Å². The second-order valence-corrected chi connectivity index (χ2v) is 15.3. The first-order valence-electron chi connectivity index (χ1n) is 19.5. The van der Waals surface area contributed by atoms with E-state index in [9.17, 15) is 0 Å². The first-order valence-corrected chi connectivity index (χ1v) is 19.5. The molecule has 0 saturated heterocycles. The van der Waals surface area contributed by atoms with Crippen molar-refractivity contribution < 1.29 is 8.83 Å². The summed E-state index contributed by atoms with van der Waals surface area (Å²) in [5.74, 6) is 0. The molecule has 0 aliphatic heterocycles. The van der Waals surface area contributed by atoms with Gasteiger partial charge in [0.1, 0.15) is 11.2 Å². The molecule has 0 unspecified atom stereocenters. The summed E-state index contributed by atoms with van der Waals surface area (Å²) in [6.07, 6.45) is 0. The van der Waals surface area contributed by atoms with Crippen molar-refractivity contribution in [1.29, 1.82) is 0 Å². The average molecular weight is 735 g/mol. The summed E-state index contributed by atoms with van der Waals surface area (Å²) >= 11 is 0. The number of para-hydroxylation sites is 2. The van der Waals surface area contributed by atoms with Crippen LogP contribution in [0, 0.1) is 20.8 Å². The van der Waals surface area contributed by atoms with E-state index in [4.69, 9.17) is 8.83 Å². The van der Waals surface area contributed by atoms with Crippen LogP contribution in [0.5, 0.6) is 0 Å². The van der Waals surface area contributed by atoms with Crippen molar-refractivity contribution in [1.82, 2.24) is 0 Å². The minimum Gasteiger partial charge on any atom is -0.452 e. The number of anilines is 6. The Bertz CT molecular complexity index is 3340. The average Bonchev–Trinajstić information content (AvgIpc) is 3.78. The smallest absolute Gasteiger partial charge is 0.178 e. The lowest BCUT2D eigenvalue weighted by Crippen LogP contribution is -2.09. The third-order valence-electron chi connectivity index (χ3n) is 11.3. The summed E-state index contributed by atoms with van der Waals surface area (Å²) in [5.41, 5.74) is 13.5. The van der Waals surface area contributed by atoms with E-state index in [0.717, 1.165) is 105 Å². The maximum absolute atomic E-state index is 6.81. The molecule has 2 aromatic heterocycles. The van der Waals surface area contributed by atoms with Crippen molar-refractivity contribution >= 4 is 99.5 Å². The zero-order valence-corrected chi connectivity index (χ0v) is 32.0.